The molecule has 1 aromatic rings. The van der Waals surface area contributed by atoms with Crippen molar-refractivity contribution < 1.29 is 0 Å². The van der Waals surface area contributed by atoms with Gasteiger partial charge in [0.15, 0.2) is 0 Å². The van der Waals surface area contributed by atoms with Gasteiger partial charge in [0.25, 0.3) is 0 Å². The summed E-state index contributed by atoms with van der Waals surface area (Å²) >= 11 is 7.74. The maximum Gasteiger partial charge on any atom is 0.0934 e. The molecule has 1 heterocycles. The summed E-state index contributed by atoms with van der Waals surface area (Å²) in [6.07, 6.45) is 5.22. The number of nitrogens with one attached hydrogen (secondary N) is 1. The van der Waals surface area contributed by atoms with Crippen molar-refractivity contribution in [3.63, 3.8) is 0 Å². The summed E-state index contributed by atoms with van der Waals surface area (Å²) < 4.78 is 0.951. The Morgan fingerprint density at radius 2 is 2.23 bits per heavy atom. The first-order valence-electron chi connectivity index (χ1n) is 4.87. The Balaban J connectivity index is 1.83. The molecule has 1 aromatic heterocycles. The highest BCUT2D eigenvalue weighted by Gasteiger charge is 2.30. The van der Waals surface area contributed by atoms with E-state index in [-0.39, 0.29) is 0 Å². The highest BCUT2D eigenvalue weighted by molar-refractivity contribution is 7.16. The Morgan fingerprint density at radius 1 is 1.38 bits per heavy atom. The second-order valence-corrected chi connectivity index (χ2v) is 5.69. The van der Waals surface area contributed by atoms with Gasteiger partial charge in [-0.1, -0.05) is 11.6 Å². The smallest absolute Gasteiger partial charge is 0.0934 e. The fourth-order valence-corrected chi connectivity index (χ4v) is 3.44. The molecule has 0 bridgehead atoms. The largest absolute Gasteiger partial charge is 0.306 e. The minimum atomic E-state index is 0.611. The minimum Gasteiger partial charge on any atom is -0.306 e. The van der Waals surface area contributed by atoms with Gasteiger partial charge in [-0.2, -0.15) is 0 Å². The first kappa shape index (κ1) is 8.27. The lowest BCUT2D eigenvalue weighted by atomic mass is 10.2. The zero-order chi connectivity index (χ0) is 8.84. The van der Waals surface area contributed by atoms with Crippen molar-refractivity contribution in [2.75, 3.05) is 0 Å². The van der Waals surface area contributed by atoms with Gasteiger partial charge in [-0.05, 0) is 37.3 Å². The lowest BCUT2D eigenvalue weighted by molar-refractivity contribution is 0.533. The van der Waals surface area contributed by atoms with E-state index in [4.69, 9.17) is 11.6 Å². The summed E-state index contributed by atoms with van der Waals surface area (Å²) in [5, 5.41) is 3.67. The van der Waals surface area contributed by atoms with E-state index >= 15 is 0 Å². The summed E-state index contributed by atoms with van der Waals surface area (Å²) in [6, 6.07) is 3.55. The quantitative estimate of drug-likeness (QED) is 0.796. The number of hydrogen-bond donors (Lipinski definition) is 1. The Bertz CT molecular complexity index is 330. The molecule has 0 aromatic carbocycles. The summed E-state index contributed by atoms with van der Waals surface area (Å²) in [4.78, 5) is 1.50. The molecule has 2 aliphatic carbocycles. The van der Waals surface area contributed by atoms with E-state index in [1.807, 2.05) is 0 Å². The average molecular weight is 214 g/mol. The van der Waals surface area contributed by atoms with Crippen molar-refractivity contribution in [2.24, 2.45) is 0 Å². The fraction of sp³-hybridized carbons (Fsp3) is 0.600. The van der Waals surface area contributed by atoms with Gasteiger partial charge in [-0.25, -0.2) is 0 Å². The third-order valence-electron chi connectivity index (χ3n) is 2.84. The maximum atomic E-state index is 5.99. The van der Waals surface area contributed by atoms with Gasteiger partial charge < -0.3 is 5.32 Å². The molecule has 0 aliphatic heterocycles. The van der Waals surface area contributed by atoms with Crippen LogP contribution >= 0.6 is 22.9 Å². The summed E-state index contributed by atoms with van der Waals surface area (Å²) in [5.41, 5.74) is 1.48. The molecule has 70 valence electrons. The third-order valence-corrected chi connectivity index (χ3v) is 4.26. The predicted molar refractivity (Wildman–Crippen MR) is 56.5 cm³/mol. The number of hydrogen-bond acceptors (Lipinski definition) is 2. The Kier molecular flexibility index (Phi) is 1.89. The Hall–Kier alpha value is -0.0500. The molecule has 1 N–H and O–H groups in total. The van der Waals surface area contributed by atoms with Gasteiger partial charge in [-0.3, -0.25) is 0 Å². The molecule has 1 unspecified atom stereocenters. The highest BCUT2D eigenvalue weighted by Crippen LogP contribution is 2.41. The van der Waals surface area contributed by atoms with Crippen LogP contribution in [0.4, 0.5) is 0 Å². The number of rotatable bonds is 2. The first-order valence-corrected chi connectivity index (χ1v) is 6.06. The summed E-state index contributed by atoms with van der Waals surface area (Å²) in [5.74, 6) is 0. The zero-order valence-corrected chi connectivity index (χ0v) is 8.92. The zero-order valence-electron chi connectivity index (χ0n) is 7.35. The van der Waals surface area contributed by atoms with Gasteiger partial charge in [0.05, 0.1) is 4.34 Å². The fourth-order valence-electron chi connectivity index (χ4n) is 2.02. The number of thiophene rings is 1. The third kappa shape index (κ3) is 1.51. The van der Waals surface area contributed by atoms with Gasteiger partial charge in [0, 0.05) is 17.0 Å². The molecule has 3 rings (SSSR count). The van der Waals surface area contributed by atoms with Crippen LogP contribution in [0.1, 0.15) is 35.7 Å². The monoisotopic (exact) mass is 213 g/mol. The van der Waals surface area contributed by atoms with Crippen molar-refractivity contribution in [3.8, 4) is 0 Å². The van der Waals surface area contributed by atoms with Crippen LogP contribution in [-0.4, -0.2) is 6.04 Å². The Labute approximate surface area is 87.1 Å². The van der Waals surface area contributed by atoms with Crippen LogP contribution in [0.2, 0.25) is 4.34 Å². The van der Waals surface area contributed by atoms with Gasteiger partial charge in [0.1, 0.15) is 0 Å². The lowest BCUT2D eigenvalue weighted by Gasteiger charge is -2.10. The molecule has 0 amide bonds. The molecule has 1 atom stereocenters. The average Bonchev–Trinajstić information content (AvgIpc) is 2.73. The molecule has 0 radical (unpaired) electrons. The van der Waals surface area contributed by atoms with Crippen molar-refractivity contribution in [1.29, 1.82) is 0 Å². The molecular formula is C10H12ClNS. The van der Waals surface area contributed by atoms with Gasteiger partial charge in [0.2, 0.25) is 0 Å². The predicted octanol–water partition coefficient (Wildman–Crippen LogP) is 3.14. The molecule has 2 aliphatic rings. The summed E-state index contributed by atoms with van der Waals surface area (Å²) in [7, 11) is 0. The molecule has 3 heteroatoms. The van der Waals surface area contributed by atoms with E-state index < -0.39 is 0 Å². The SMILES string of the molecule is Clc1cc2c(s1)C(NC1CC1)CC2. The van der Waals surface area contributed by atoms with Gasteiger partial charge >= 0.3 is 0 Å². The van der Waals surface area contributed by atoms with E-state index in [0.717, 1.165) is 10.4 Å². The van der Waals surface area contributed by atoms with Crippen LogP contribution in [-0.2, 0) is 6.42 Å². The van der Waals surface area contributed by atoms with E-state index in [0.29, 0.717) is 6.04 Å². The van der Waals surface area contributed by atoms with Crippen molar-refractivity contribution >= 4 is 22.9 Å². The number of fused-ring (bicyclic) bond motifs is 1. The molecular weight excluding hydrogens is 202 g/mol. The van der Waals surface area contributed by atoms with E-state index in [2.05, 4.69) is 11.4 Å². The molecule has 0 saturated heterocycles. The number of halogens is 1. The molecule has 1 saturated carbocycles. The van der Waals surface area contributed by atoms with Crippen molar-refractivity contribution in [3.05, 3.63) is 20.8 Å². The van der Waals surface area contributed by atoms with E-state index in [9.17, 15) is 0 Å². The summed E-state index contributed by atoms with van der Waals surface area (Å²) in [6.45, 7) is 0. The highest BCUT2D eigenvalue weighted by atomic mass is 35.5. The van der Waals surface area contributed by atoms with Crippen LogP contribution < -0.4 is 5.32 Å². The maximum absolute atomic E-state index is 5.99. The van der Waals surface area contributed by atoms with Crippen LogP contribution in [0.25, 0.3) is 0 Å². The topological polar surface area (TPSA) is 12.0 Å². The van der Waals surface area contributed by atoms with Crippen LogP contribution in [0.3, 0.4) is 0 Å². The minimum absolute atomic E-state index is 0.611. The Morgan fingerprint density at radius 3 is 3.00 bits per heavy atom. The van der Waals surface area contributed by atoms with Crippen molar-refractivity contribution in [1.82, 2.24) is 5.32 Å². The second kappa shape index (κ2) is 2.97. The van der Waals surface area contributed by atoms with E-state index in [1.54, 1.807) is 11.3 Å². The molecule has 1 nitrogen and oxygen atoms in total. The normalized spacial score (nSPS) is 26.4. The second-order valence-electron chi connectivity index (χ2n) is 3.97. The number of aryl methyl sites for hydroxylation is 1. The lowest BCUT2D eigenvalue weighted by Crippen LogP contribution is -2.20. The van der Waals surface area contributed by atoms with Crippen LogP contribution in [0.15, 0.2) is 6.07 Å². The molecule has 1 fully saturated rings. The van der Waals surface area contributed by atoms with Gasteiger partial charge in [-0.15, -0.1) is 11.3 Å². The van der Waals surface area contributed by atoms with Crippen molar-refractivity contribution in [2.45, 2.75) is 37.8 Å². The molecule has 0 spiro atoms. The van der Waals surface area contributed by atoms with Crippen LogP contribution in [0.5, 0.6) is 0 Å². The van der Waals surface area contributed by atoms with Crippen LogP contribution in [0, 0.1) is 0 Å². The van der Waals surface area contributed by atoms with E-state index in [1.165, 1.54) is 36.1 Å². The standard InChI is InChI=1S/C10H12ClNS/c11-9-5-6-1-4-8(10(6)13-9)12-7-2-3-7/h5,7-8,12H,1-4H2. The molecule has 13 heavy (non-hydrogen) atoms. The first-order chi connectivity index (χ1) is 6.33.